The Kier molecular flexibility index (Phi) is 4.59. The molecule has 0 aliphatic carbocycles. The Morgan fingerprint density at radius 3 is 3.16 bits per heavy atom. The molecule has 1 heterocycles. The third-order valence-electron chi connectivity index (χ3n) is 2.24. The van der Waals surface area contributed by atoms with Crippen molar-refractivity contribution in [3.63, 3.8) is 0 Å². The number of aromatic nitrogens is 1. The molecular weight excluding hydrogens is 262 g/mol. The van der Waals surface area contributed by atoms with Gasteiger partial charge in [0.25, 0.3) is 5.22 Å². The highest BCUT2D eigenvalue weighted by atomic mass is 32.2. The van der Waals surface area contributed by atoms with Crippen LogP contribution in [0.2, 0.25) is 0 Å². The first-order valence-corrected chi connectivity index (χ1v) is 6.59. The average molecular weight is 273 g/mol. The monoisotopic (exact) mass is 273 g/mol. The van der Waals surface area contributed by atoms with E-state index in [2.05, 4.69) is 10.3 Å². The normalized spacial score (nSPS) is 9.84. The van der Waals surface area contributed by atoms with E-state index in [1.807, 2.05) is 6.07 Å². The van der Waals surface area contributed by atoms with Crippen LogP contribution in [0.5, 0.6) is 0 Å². The maximum atomic E-state index is 11.7. The van der Waals surface area contributed by atoms with Gasteiger partial charge in [-0.3, -0.25) is 4.79 Å². The number of rotatable bonds is 5. The number of nitrogens with one attached hydrogen (secondary N) is 1. The first-order valence-electron chi connectivity index (χ1n) is 5.60. The van der Waals surface area contributed by atoms with Gasteiger partial charge in [-0.05, 0) is 18.2 Å². The molecule has 2 rings (SSSR count). The molecule has 19 heavy (non-hydrogen) atoms. The van der Waals surface area contributed by atoms with Crippen LogP contribution in [0.15, 0.2) is 46.4 Å². The molecule has 0 aliphatic heterocycles. The van der Waals surface area contributed by atoms with Crippen molar-refractivity contribution in [1.82, 2.24) is 4.98 Å². The van der Waals surface area contributed by atoms with Crippen molar-refractivity contribution in [2.75, 3.05) is 11.1 Å². The summed E-state index contributed by atoms with van der Waals surface area (Å²) in [6.45, 7) is 0. The number of oxazole rings is 1. The second kappa shape index (κ2) is 6.61. The third-order valence-corrected chi connectivity index (χ3v) is 3.10. The van der Waals surface area contributed by atoms with Gasteiger partial charge in [0.15, 0.2) is 0 Å². The van der Waals surface area contributed by atoms with Gasteiger partial charge in [0.05, 0.1) is 17.8 Å². The van der Waals surface area contributed by atoms with Gasteiger partial charge in [-0.15, -0.1) is 0 Å². The van der Waals surface area contributed by atoms with Crippen molar-refractivity contribution in [3.05, 3.63) is 42.3 Å². The summed E-state index contributed by atoms with van der Waals surface area (Å²) in [6, 6.07) is 8.83. The number of carbonyl (C=O) groups is 1. The van der Waals surface area contributed by atoms with E-state index in [1.165, 1.54) is 18.0 Å². The lowest BCUT2D eigenvalue weighted by atomic mass is 10.2. The summed E-state index contributed by atoms with van der Waals surface area (Å²) >= 11 is 1.38. The van der Waals surface area contributed by atoms with Gasteiger partial charge < -0.3 is 9.73 Å². The standard InChI is InChI=1S/C13H11N3O2S/c14-9-10-2-1-3-11(8-10)16-12(17)4-7-19-13-15-5-6-18-13/h1-3,5-6,8H,4,7H2,(H,16,17). The smallest absolute Gasteiger partial charge is 0.255 e. The number of anilines is 1. The maximum Gasteiger partial charge on any atom is 0.255 e. The van der Waals surface area contributed by atoms with E-state index in [4.69, 9.17) is 9.68 Å². The van der Waals surface area contributed by atoms with Crippen LogP contribution >= 0.6 is 11.8 Å². The van der Waals surface area contributed by atoms with Crippen LogP contribution < -0.4 is 5.32 Å². The lowest BCUT2D eigenvalue weighted by Gasteiger charge is -2.04. The molecule has 0 atom stereocenters. The lowest BCUT2D eigenvalue weighted by Crippen LogP contribution is -2.12. The second-order valence-corrected chi connectivity index (χ2v) is 4.68. The van der Waals surface area contributed by atoms with Gasteiger partial charge in [-0.25, -0.2) is 4.98 Å². The van der Waals surface area contributed by atoms with Gasteiger partial charge in [-0.1, -0.05) is 17.8 Å². The van der Waals surface area contributed by atoms with Crippen LogP contribution in [0.3, 0.4) is 0 Å². The van der Waals surface area contributed by atoms with E-state index in [0.29, 0.717) is 28.6 Å². The molecule has 96 valence electrons. The molecule has 0 saturated heterocycles. The molecule has 5 nitrogen and oxygen atoms in total. The fourth-order valence-corrected chi connectivity index (χ4v) is 2.12. The number of thioether (sulfide) groups is 1. The lowest BCUT2D eigenvalue weighted by molar-refractivity contribution is -0.115. The van der Waals surface area contributed by atoms with Crippen molar-refractivity contribution >= 4 is 23.4 Å². The summed E-state index contributed by atoms with van der Waals surface area (Å²) in [5.41, 5.74) is 1.15. The minimum absolute atomic E-state index is 0.103. The first kappa shape index (κ1) is 13.2. The van der Waals surface area contributed by atoms with Crippen LogP contribution in [-0.2, 0) is 4.79 Å². The minimum Gasteiger partial charge on any atom is -0.440 e. The van der Waals surface area contributed by atoms with Crippen LogP contribution in [0.4, 0.5) is 5.69 Å². The molecule has 1 aromatic heterocycles. The fraction of sp³-hybridized carbons (Fsp3) is 0.154. The minimum atomic E-state index is -0.103. The number of benzene rings is 1. The predicted octanol–water partition coefficient (Wildman–Crippen LogP) is 2.67. The molecular formula is C13H11N3O2S. The Labute approximate surface area is 114 Å². The molecule has 0 bridgehead atoms. The molecule has 1 aromatic carbocycles. The van der Waals surface area contributed by atoms with Crippen LogP contribution in [0, 0.1) is 11.3 Å². The number of nitriles is 1. The number of hydrogen-bond acceptors (Lipinski definition) is 5. The molecule has 1 amide bonds. The zero-order valence-electron chi connectivity index (χ0n) is 10.00. The van der Waals surface area contributed by atoms with Crippen molar-refractivity contribution in [2.45, 2.75) is 11.6 Å². The van der Waals surface area contributed by atoms with Gasteiger partial charge in [-0.2, -0.15) is 5.26 Å². The molecule has 0 saturated carbocycles. The van der Waals surface area contributed by atoms with Crippen molar-refractivity contribution in [2.24, 2.45) is 0 Å². The van der Waals surface area contributed by atoms with E-state index >= 15 is 0 Å². The fourth-order valence-electron chi connectivity index (χ4n) is 1.40. The molecule has 0 spiro atoms. The highest BCUT2D eigenvalue weighted by Gasteiger charge is 2.05. The summed E-state index contributed by atoms with van der Waals surface area (Å²) < 4.78 is 5.05. The summed E-state index contributed by atoms with van der Waals surface area (Å²) in [5, 5.41) is 12.1. The average Bonchev–Trinajstić information content (AvgIpc) is 2.92. The maximum absolute atomic E-state index is 11.7. The molecule has 0 radical (unpaired) electrons. The van der Waals surface area contributed by atoms with Gasteiger partial charge in [0.2, 0.25) is 5.91 Å². The number of carbonyl (C=O) groups excluding carboxylic acids is 1. The Morgan fingerprint density at radius 2 is 2.42 bits per heavy atom. The number of nitrogens with zero attached hydrogens (tertiary/aromatic N) is 2. The largest absolute Gasteiger partial charge is 0.440 e. The molecule has 2 aromatic rings. The number of hydrogen-bond donors (Lipinski definition) is 1. The van der Waals surface area contributed by atoms with Gasteiger partial charge in [0, 0.05) is 17.9 Å². The van der Waals surface area contributed by atoms with E-state index in [0.717, 1.165) is 0 Å². The quantitative estimate of drug-likeness (QED) is 0.847. The van der Waals surface area contributed by atoms with Crippen molar-refractivity contribution in [1.29, 1.82) is 5.26 Å². The Bertz CT molecular complexity index is 590. The molecule has 6 heteroatoms. The van der Waals surface area contributed by atoms with Crippen LogP contribution in [0.1, 0.15) is 12.0 Å². The zero-order valence-corrected chi connectivity index (χ0v) is 10.8. The predicted molar refractivity (Wildman–Crippen MR) is 71.6 cm³/mol. The van der Waals surface area contributed by atoms with Crippen LogP contribution in [0.25, 0.3) is 0 Å². The van der Waals surface area contributed by atoms with Gasteiger partial charge in [0.1, 0.15) is 6.26 Å². The molecule has 0 aliphatic rings. The first-order chi connectivity index (χ1) is 9.28. The Balaban J connectivity index is 1.79. The summed E-state index contributed by atoms with van der Waals surface area (Å²) in [4.78, 5) is 15.6. The number of amides is 1. The van der Waals surface area contributed by atoms with Crippen molar-refractivity contribution in [3.8, 4) is 6.07 Å². The molecule has 0 unspecified atom stereocenters. The Morgan fingerprint density at radius 1 is 1.53 bits per heavy atom. The third kappa shape index (κ3) is 4.16. The highest BCUT2D eigenvalue weighted by molar-refractivity contribution is 7.99. The van der Waals surface area contributed by atoms with Crippen molar-refractivity contribution < 1.29 is 9.21 Å². The van der Waals surface area contributed by atoms with E-state index in [-0.39, 0.29) is 5.91 Å². The van der Waals surface area contributed by atoms with E-state index in [1.54, 1.807) is 30.5 Å². The zero-order chi connectivity index (χ0) is 13.5. The van der Waals surface area contributed by atoms with Crippen LogP contribution in [-0.4, -0.2) is 16.6 Å². The van der Waals surface area contributed by atoms with E-state index in [9.17, 15) is 4.79 Å². The second-order valence-electron chi connectivity index (χ2n) is 3.64. The highest BCUT2D eigenvalue weighted by Crippen LogP contribution is 2.16. The molecule has 0 fully saturated rings. The SMILES string of the molecule is N#Cc1cccc(NC(=O)CCSc2ncco2)c1. The topological polar surface area (TPSA) is 78.9 Å². The van der Waals surface area contributed by atoms with E-state index < -0.39 is 0 Å². The van der Waals surface area contributed by atoms with Gasteiger partial charge >= 0.3 is 0 Å². The summed E-state index contributed by atoms with van der Waals surface area (Å²) in [7, 11) is 0. The summed E-state index contributed by atoms with van der Waals surface area (Å²) in [5.74, 6) is 0.485. The summed E-state index contributed by atoms with van der Waals surface area (Å²) in [6.07, 6.45) is 3.41. The molecule has 1 N–H and O–H groups in total. The Hall–Kier alpha value is -2.26.